The molecule has 0 N–H and O–H groups in total. The van der Waals surface area contributed by atoms with Crippen LogP contribution in [0.3, 0.4) is 0 Å². The standard InChI is InChI=1S/C16H16F2N2O3S/c1-9-8-20(14(24-9)19-13(21)15(2,3)4)10-5-6-11-12(7-10)23-16(17,18)22-11/h5-8H,1-4H3. The highest BCUT2D eigenvalue weighted by Gasteiger charge is 2.43. The molecule has 2 heterocycles. The summed E-state index contributed by atoms with van der Waals surface area (Å²) in [6.45, 7) is 7.23. The van der Waals surface area contributed by atoms with E-state index in [0.29, 0.717) is 10.5 Å². The van der Waals surface area contributed by atoms with E-state index in [1.807, 2.05) is 6.92 Å². The summed E-state index contributed by atoms with van der Waals surface area (Å²) in [5.74, 6) is -0.340. The minimum atomic E-state index is -3.66. The monoisotopic (exact) mass is 354 g/mol. The highest BCUT2D eigenvalue weighted by atomic mass is 32.1. The largest absolute Gasteiger partial charge is 0.586 e. The van der Waals surface area contributed by atoms with Crippen molar-refractivity contribution in [3.63, 3.8) is 0 Å². The Hall–Kier alpha value is -2.22. The van der Waals surface area contributed by atoms with Crippen molar-refractivity contribution in [1.29, 1.82) is 0 Å². The summed E-state index contributed by atoms with van der Waals surface area (Å²) >= 11 is 1.34. The van der Waals surface area contributed by atoms with Gasteiger partial charge in [0.1, 0.15) is 0 Å². The second-order valence-corrected chi connectivity index (χ2v) is 7.67. The molecule has 0 atom stereocenters. The van der Waals surface area contributed by atoms with Gasteiger partial charge in [0.25, 0.3) is 5.91 Å². The Kier molecular flexibility index (Phi) is 3.75. The smallest absolute Gasteiger partial charge is 0.395 e. The van der Waals surface area contributed by atoms with E-state index in [1.54, 1.807) is 37.6 Å². The quantitative estimate of drug-likeness (QED) is 0.786. The van der Waals surface area contributed by atoms with Crippen molar-refractivity contribution in [2.24, 2.45) is 10.4 Å². The molecule has 1 amide bonds. The minimum absolute atomic E-state index is 0.0273. The first-order chi connectivity index (χ1) is 11.0. The molecule has 0 saturated carbocycles. The van der Waals surface area contributed by atoms with Gasteiger partial charge >= 0.3 is 6.29 Å². The summed E-state index contributed by atoms with van der Waals surface area (Å²) in [6, 6.07) is 4.44. The topological polar surface area (TPSA) is 52.8 Å². The molecule has 5 nitrogen and oxygen atoms in total. The van der Waals surface area contributed by atoms with Crippen molar-refractivity contribution < 1.29 is 23.0 Å². The zero-order chi connectivity index (χ0) is 17.7. The molecule has 0 spiro atoms. The van der Waals surface area contributed by atoms with Crippen LogP contribution in [0.1, 0.15) is 25.6 Å². The number of halogens is 2. The zero-order valence-electron chi connectivity index (χ0n) is 13.6. The Balaban J connectivity index is 2.07. The number of aromatic nitrogens is 1. The Morgan fingerprint density at radius 2 is 1.92 bits per heavy atom. The van der Waals surface area contributed by atoms with Gasteiger partial charge in [-0.05, 0) is 19.1 Å². The predicted molar refractivity (Wildman–Crippen MR) is 84.6 cm³/mol. The van der Waals surface area contributed by atoms with E-state index in [4.69, 9.17) is 0 Å². The van der Waals surface area contributed by atoms with Crippen LogP contribution in [-0.2, 0) is 4.79 Å². The molecule has 0 saturated heterocycles. The van der Waals surface area contributed by atoms with E-state index < -0.39 is 11.7 Å². The molecule has 0 fully saturated rings. The molecule has 1 aromatic heterocycles. The van der Waals surface area contributed by atoms with E-state index in [0.717, 1.165) is 4.88 Å². The summed E-state index contributed by atoms with van der Waals surface area (Å²) in [6.07, 6.45) is -1.87. The summed E-state index contributed by atoms with van der Waals surface area (Å²) in [5, 5.41) is 0. The fraction of sp³-hybridized carbons (Fsp3) is 0.375. The fourth-order valence-electron chi connectivity index (χ4n) is 2.06. The highest BCUT2D eigenvalue weighted by molar-refractivity contribution is 7.09. The molecule has 0 unspecified atom stereocenters. The van der Waals surface area contributed by atoms with Gasteiger partial charge in [0.15, 0.2) is 16.3 Å². The fourth-order valence-corrected chi connectivity index (χ4v) is 2.89. The third kappa shape index (κ3) is 3.19. The Bertz CT molecular complexity index is 878. The van der Waals surface area contributed by atoms with Crippen molar-refractivity contribution in [3.05, 3.63) is 34.1 Å². The second kappa shape index (κ2) is 5.41. The first-order valence-corrected chi connectivity index (χ1v) is 8.05. The molecule has 3 rings (SSSR count). The van der Waals surface area contributed by atoms with Crippen LogP contribution < -0.4 is 14.3 Å². The number of hydrogen-bond acceptors (Lipinski definition) is 4. The first kappa shape index (κ1) is 16.6. The molecule has 1 aliphatic rings. The number of fused-ring (bicyclic) bond motifs is 1. The van der Waals surface area contributed by atoms with Gasteiger partial charge in [-0.1, -0.05) is 20.8 Å². The van der Waals surface area contributed by atoms with Crippen LogP contribution in [0.2, 0.25) is 0 Å². The van der Waals surface area contributed by atoms with Crippen molar-refractivity contribution in [2.45, 2.75) is 34.0 Å². The maximum absolute atomic E-state index is 13.1. The number of carbonyl (C=O) groups excluding carboxylic acids is 1. The molecule has 24 heavy (non-hydrogen) atoms. The van der Waals surface area contributed by atoms with Crippen LogP contribution >= 0.6 is 11.3 Å². The molecule has 1 aromatic carbocycles. The van der Waals surface area contributed by atoms with E-state index in [1.165, 1.54) is 23.5 Å². The van der Waals surface area contributed by atoms with Crippen LogP contribution in [-0.4, -0.2) is 16.8 Å². The van der Waals surface area contributed by atoms with Crippen molar-refractivity contribution in [3.8, 4) is 17.2 Å². The SMILES string of the molecule is Cc1cn(-c2ccc3c(c2)OC(F)(F)O3)c(=NC(=O)C(C)(C)C)s1. The van der Waals surface area contributed by atoms with Gasteiger partial charge in [-0.25, -0.2) is 0 Å². The van der Waals surface area contributed by atoms with E-state index >= 15 is 0 Å². The molecule has 0 bridgehead atoms. The van der Waals surface area contributed by atoms with Crippen molar-refractivity contribution >= 4 is 17.2 Å². The van der Waals surface area contributed by atoms with Gasteiger partial charge in [0.2, 0.25) is 0 Å². The Morgan fingerprint density at radius 1 is 1.25 bits per heavy atom. The molecule has 8 heteroatoms. The third-order valence-corrected chi connectivity index (χ3v) is 4.17. The normalized spacial score (nSPS) is 16.5. The molecule has 0 aliphatic carbocycles. The second-order valence-electron chi connectivity index (χ2n) is 6.46. The van der Waals surface area contributed by atoms with E-state index in [-0.39, 0.29) is 17.4 Å². The van der Waals surface area contributed by atoms with Gasteiger partial charge in [-0.3, -0.25) is 9.36 Å². The number of benzene rings is 1. The number of rotatable bonds is 1. The number of carbonyl (C=O) groups is 1. The van der Waals surface area contributed by atoms with Crippen LogP contribution in [0.25, 0.3) is 5.69 Å². The van der Waals surface area contributed by atoms with Gasteiger partial charge in [0.05, 0.1) is 5.69 Å². The molecule has 128 valence electrons. The molecular formula is C16H16F2N2O3S. The lowest BCUT2D eigenvalue weighted by atomic mass is 9.96. The lowest BCUT2D eigenvalue weighted by Crippen LogP contribution is -2.26. The average molecular weight is 354 g/mol. The zero-order valence-corrected chi connectivity index (χ0v) is 14.4. The maximum atomic E-state index is 13.1. The summed E-state index contributed by atoms with van der Waals surface area (Å²) in [7, 11) is 0. The van der Waals surface area contributed by atoms with Gasteiger partial charge in [0, 0.05) is 22.6 Å². The molecule has 1 aliphatic heterocycles. The average Bonchev–Trinajstić information content (AvgIpc) is 2.94. The van der Waals surface area contributed by atoms with Crippen molar-refractivity contribution in [2.75, 3.05) is 0 Å². The van der Waals surface area contributed by atoms with Gasteiger partial charge in [-0.2, -0.15) is 4.99 Å². The molecule has 2 aromatic rings. The predicted octanol–water partition coefficient (Wildman–Crippen LogP) is 3.64. The van der Waals surface area contributed by atoms with Gasteiger partial charge < -0.3 is 9.47 Å². The Labute approximate surface area is 141 Å². The van der Waals surface area contributed by atoms with Gasteiger partial charge in [-0.15, -0.1) is 20.1 Å². The summed E-state index contributed by atoms with van der Waals surface area (Å²) < 4.78 is 36.8. The lowest BCUT2D eigenvalue weighted by molar-refractivity contribution is -0.286. The molecular weight excluding hydrogens is 338 g/mol. The number of nitrogens with zero attached hydrogens (tertiary/aromatic N) is 2. The first-order valence-electron chi connectivity index (χ1n) is 7.24. The lowest BCUT2D eigenvalue weighted by Gasteiger charge is -2.12. The van der Waals surface area contributed by atoms with Crippen LogP contribution in [0.4, 0.5) is 8.78 Å². The highest BCUT2D eigenvalue weighted by Crippen LogP contribution is 2.41. The summed E-state index contributed by atoms with van der Waals surface area (Å²) in [5.41, 5.74) is -0.0491. The van der Waals surface area contributed by atoms with Crippen LogP contribution in [0.5, 0.6) is 11.5 Å². The number of alkyl halides is 2. The number of thiazole rings is 1. The van der Waals surface area contributed by atoms with E-state index in [2.05, 4.69) is 14.5 Å². The maximum Gasteiger partial charge on any atom is 0.586 e. The minimum Gasteiger partial charge on any atom is -0.395 e. The van der Waals surface area contributed by atoms with E-state index in [9.17, 15) is 13.6 Å². The van der Waals surface area contributed by atoms with Crippen LogP contribution in [0.15, 0.2) is 29.4 Å². The third-order valence-electron chi connectivity index (χ3n) is 3.27. The summed E-state index contributed by atoms with van der Waals surface area (Å²) in [4.78, 5) is 17.8. The number of hydrogen-bond donors (Lipinski definition) is 0. The Morgan fingerprint density at radius 3 is 2.58 bits per heavy atom. The van der Waals surface area contributed by atoms with Crippen LogP contribution in [0, 0.1) is 12.3 Å². The van der Waals surface area contributed by atoms with Crippen molar-refractivity contribution in [1.82, 2.24) is 4.57 Å². The number of aryl methyl sites for hydroxylation is 1. The molecule has 0 radical (unpaired) electrons. The number of ether oxygens (including phenoxy) is 2. The number of amides is 1.